The van der Waals surface area contributed by atoms with Gasteiger partial charge in [-0.25, -0.2) is 0 Å². The number of carbonyl (C=O) groups excluding carboxylic acids is 1. The minimum Gasteiger partial charge on any atom is -0.432 e. The number of esters is 1. The van der Waals surface area contributed by atoms with Gasteiger partial charge in [0, 0.05) is 0 Å². The molecule has 11 rings (SSSR count). The average molecular weight is 1450 g/mol. The molecule has 0 aromatic heterocycles. The Labute approximate surface area is 571 Å². The SMILES string of the molecule is C=C1C[C@@]23CC[C@H]4[C@@](C)(CCC[C@@]4(C)C(=O)O[C@@H]4O[C@H](CO)[C@@H](O)[C@H](O[C@@H]5O[C@H](CO[C@@H]6O[C@H](CO)[C@@H](O)[C@H](O)[C@H]6O)[C@@H](O)[C@H](O)[C@H]5O)[C@H]4O[C@@H]4O[C@H](CO)[C@@H](O)[C@H](O)[C@H]4O)[C@@H]2CC[C@]1(O[C@@H]1O[C@H](CO)[C@@H](O)[C@H](O[C@@H]2O[C@H](CO)[C@@H](O)[C@H](O)[C@H]2O)[C@H]1O[C@@H]1O[C@H](CO)[C@@H](O)[C@H](O)[C@H]1O)C3. The van der Waals surface area contributed by atoms with E-state index in [-0.39, 0.29) is 25.2 Å². The summed E-state index contributed by atoms with van der Waals surface area (Å²) in [6, 6.07) is 0. The van der Waals surface area contributed by atoms with Crippen molar-refractivity contribution in [2.24, 2.45) is 28.1 Å². The van der Waals surface area contributed by atoms with Crippen molar-refractivity contribution < 1.29 is 189 Å². The number of ether oxygens (including phenoxy) is 14. The molecule has 23 N–H and O–H groups in total. The van der Waals surface area contributed by atoms with Crippen LogP contribution in [-0.2, 0) is 71.1 Å². The number of fused-ring (bicyclic) bond motifs is 3. The molecule has 7 aliphatic heterocycles. The third-order valence-electron chi connectivity index (χ3n) is 23.4. The van der Waals surface area contributed by atoms with E-state index in [1.807, 2.05) is 0 Å². The zero-order chi connectivity index (χ0) is 72.7. The van der Waals surface area contributed by atoms with E-state index >= 15 is 4.79 Å². The molecular formula is C62H100O38. The highest BCUT2D eigenvalue weighted by Gasteiger charge is 2.70. The zero-order valence-corrected chi connectivity index (χ0v) is 54.8. The van der Waals surface area contributed by atoms with Crippen molar-refractivity contribution in [3.8, 4) is 0 Å². The lowest BCUT2D eigenvalue weighted by molar-refractivity contribution is -0.400. The van der Waals surface area contributed by atoms with E-state index in [0.717, 1.165) is 0 Å². The first-order chi connectivity index (χ1) is 47.3. The molecule has 2 bridgehead atoms. The summed E-state index contributed by atoms with van der Waals surface area (Å²) in [5, 5.41) is 249. The van der Waals surface area contributed by atoms with Crippen molar-refractivity contribution in [3.63, 3.8) is 0 Å². The van der Waals surface area contributed by atoms with Gasteiger partial charge < -0.3 is 184 Å². The summed E-state index contributed by atoms with van der Waals surface area (Å²) in [6.07, 6.45) is -63.2. The summed E-state index contributed by atoms with van der Waals surface area (Å²) in [4.78, 5) is 15.6. The maximum atomic E-state index is 15.6. The van der Waals surface area contributed by atoms with E-state index in [4.69, 9.17) is 66.3 Å². The lowest BCUT2D eigenvalue weighted by atomic mass is 9.41. The van der Waals surface area contributed by atoms with Gasteiger partial charge in [0.25, 0.3) is 0 Å². The van der Waals surface area contributed by atoms with Crippen molar-refractivity contribution in [1.29, 1.82) is 0 Å². The lowest BCUT2D eigenvalue weighted by Crippen LogP contribution is -2.68. The standard InChI is InChI=1S/C62H100O38/c1-20-11-61-9-5-28-59(2,29(61)6-10-62(20,19-61)100-57-50(98-54-45(84)40(79)33(72)24(15-66)91-54)48(36(75)26(17-68)93-57)96-52-43(82)38(77)31(70)22(13-64)89-52)7-4-8-60(28,3)58(86)99-56-49(97-53-44(83)39(78)32(71)23(14-65)90-53)47(35(74)25(16-67)92-56)95-55-46(85)41(80)34(73)27(94-55)18-87-51-42(81)37(76)30(69)21(12-63)88-51/h21-57,63-85H,1,4-19H2,2-3H3/t21-,22-,23-,24-,25-,26-,27-,28+,29+,30-,31-,32-,33-,34-,35-,36-,37+,38+,39+,40+,41+,42-,43-,44-,45-,46-,47+,48+,49-,50-,51-,52+,53+,54+,55+,56+,57+,59-,60-,61-,62+/m1/s1. The van der Waals surface area contributed by atoms with Gasteiger partial charge in [-0.1, -0.05) is 19.9 Å². The molecular weight excluding hydrogens is 1350 g/mol. The Bertz CT molecular complexity index is 2720. The molecule has 38 nitrogen and oxygen atoms in total. The largest absolute Gasteiger partial charge is 0.432 e. The van der Waals surface area contributed by atoms with E-state index < -0.39 is 295 Å². The quantitative estimate of drug-likeness (QED) is 0.0288. The summed E-state index contributed by atoms with van der Waals surface area (Å²) in [5.41, 5.74) is -3.47. The van der Waals surface area contributed by atoms with Crippen LogP contribution in [0.2, 0.25) is 0 Å². The maximum Gasteiger partial charge on any atom is 0.314 e. The Hall–Kier alpha value is -2.23. The Balaban J connectivity index is 0.852. The van der Waals surface area contributed by atoms with Crippen molar-refractivity contribution in [1.82, 2.24) is 0 Å². The van der Waals surface area contributed by atoms with Crippen LogP contribution < -0.4 is 0 Å². The molecule has 100 heavy (non-hydrogen) atoms. The molecule has 4 aliphatic carbocycles. The molecule has 4 saturated carbocycles. The van der Waals surface area contributed by atoms with Crippen molar-refractivity contribution >= 4 is 5.97 Å². The van der Waals surface area contributed by atoms with Crippen LogP contribution in [0.3, 0.4) is 0 Å². The fourth-order valence-electron chi connectivity index (χ4n) is 17.8. The average Bonchev–Trinajstić information content (AvgIpc) is 1.52. The molecule has 0 unspecified atom stereocenters. The Kier molecular flexibility index (Phi) is 24.6. The van der Waals surface area contributed by atoms with Crippen LogP contribution >= 0.6 is 0 Å². The number of rotatable bonds is 21. The Morgan fingerprint density at radius 3 is 1.19 bits per heavy atom. The van der Waals surface area contributed by atoms with Crippen molar-refractivity contribution in [2.45, 2.75) is 292 Å². The molecule has 11 fully saturated rings. The lowest BCUT2D eigenvalue weighted by Gasteiger charge is -2.64. The second-order valence-corrected chi connectivity index (χ2v) is 29.3. The molecule has 0 aromatic rings. The molecule has 7 saturated heterocycles. The van der Waals surface area contributed by atoms with Gasteiger partial charge in [0.2, 0.25) is 6.29 Å². The second-order valence-electron chi connectivity index (χ2n) is 29.3. The van der Waals surface area contributed by atoms with Crippen LogP contribution in [0.15, 0.2) is 12.2 Å². The number of hydrogen-bond donors (Lipinski definition) is 23. The summed E-state index contributed by atoms with van der Waals surface area (Å²) in [5.74, 6) is -1.60. The molecule has 576 valence electrons. The smallest absolute Gasteiger partial charge is 0.314 e. The van der Waals surface area contributed by atoms with E-state index in [2.05, 4.69) is 13.5 Å². The summed E-state index contributed by atoms with van der Waals surface area (Å²) < 4.78 is 84.6. The normalized spacial score (nSPS) is 54.5. The van der Waals surface area contributed by atoms with Gasteiger partial charge >= 0.3 is 5.97 Å². The predicted octanol–water partition coefficient (Wildman–Crippen LogP) is -11.6. The number of carbonyl (C=O) groups is 1. The Morgan fingerprint density at radius 2 is 0.750 bits per heavy atom. The van der Waals surface area contributed by atoms with Crippen LogP contribution in [0.5, 0.6) is 0 Å². The predicted molar refractivity (Wildman–Crippen MR) is 317 cm³/mol. The van der Waals surface area contributed by atoms with Crippen molar-refractivity contribution in [2.75, 3.05) is 46.2 Å². The summed E-state index contributed by atoms with van der Waals surface area (Å²) in [7, 11) is 0. The van der Waals surface area contributed by atoms with Gasteiger partial charge in [-0.05, 0) is 86.5 Å². The molecule has 11 aliphatic rings. The number of aliphatic hydroxyl groups is 23. The fraction of sp³-hybridized carbons (Fsp3) is 0.952. The highest BCUT2D eigenvalue weighted by molar-refractivity contribution is 5.77. The van der Waals surface area contributed by atoms with Crippen LogP contribution in [0, 0.1) is 28.1 Å². The molecule has 38 heteroatoms. The summed E-state index contributed by atoms with van der Waals surface area (Å²) >= 11 is 0. The first-order valence-electron chi connectivity index (χ1n) is 33.9. The third kappa shape index (κ3) is 14.1. The second kappa shape index (κ2) is 31.2. The maximum absolute atomic E-state index is 15.6. The molecule has 1 spiro atoms. The fourth-order valence-corrected chi connectivity index (χ4v) is 17.8. The van der Waals surface area contributed by atoms with E-state index in [0.29, 0.717) is 44.1 Å². The van der Waals surface area contributed by atoms with E-state index in [1.54, 1.807) is 6.92 Å². The van der Waals surface area contributed by atoms with Gasteiger partial charge in [0.05, 0.1) is 57.3 Å². The Morgan fingerprint density at radius 1 is 0.400 bits per heavy atom. The molecule has 0 aromatic carbocycles. The van der Waals surface area contributed by atoms with Crippen LogP contribution in [0.4, 0.5) is 0 Å². The monoisotopic (exact) mass is 1450 g/mol. The van der Waals surface area contributed by atoms with Gasteiger partial charge in [-0.15, -0.1) is 0 Å². The minimum absolute atomic E-state index is 0.202. The van der Waals surface area contributed by atoms with Crippen LogP contribution in [0.1, 0.15) is 71.6 Å². The van der Waals surface area contributed by atoms with Crippen LogP contribution in [0.25, 0.3) is 0 Å². The zero-order valence-electron chi connectivity index (χ0n) is 54.8. The van der Waals surface area contributed by atoms with Crippen LogP contribution in [-0.4, -0.2) is 390 Å². The van der Waals surface area contributed by atoms with Gasteiger partial charge in [-0.3, -0.25) is 4.79 Å². The van der Waals surface area contributed by atoms with Gasteiger partial charge in [-0.2, -0.15) is 0 Å². The summed E-state index contributed by atoms with van der Waals surface area (Å²) in [6.45, 7) is 2.03. The number of hydrogen-bond acceptors (Lipinski definition) is 38. The first-order valence-corrected chi connectivity index (χ1v) is 33.9. The highest BCUT2D eigenvalue weighted by Crippen LogP contribution is 2.74. The first kappa shape index (κ1) is 78.8. The third-order valence-corrected chi connectivity index (χ3v) is 23.4. The highest BCUT2D eigenvalue weighted by atomic mass is 16.8. The van der Waals surface area contributed by atoms with Gasteiger partial charge in [0.1, 0.15) is 165 Å². The minimum atomic E-state index is -2.21. The molecule has 0 radical (unpaired) electrons. The molecule has 7 heterocycles. The van der Waals surface area contributed by atoms with E-state index in [9.17, 15) is 117 Å². The molecule has 41 atom stereocenters. The van der Waals surface area contributed by atoms with Crippen molar-refractivity contribution in [3.05, 3.63) is 12.2 Å². The number of aliphatic hydroxyl groups excluding tert-OH is 23. The topological polar surface area (TPSA) is 612 Å². The van der Waals surface area contributed by atoms with Gasteiger partial charge in [0.15, 0.2) is 43.8 Å². The van der Waals surface area contributed by atoms with E-state index in [1.165, 1.54) is 0 Å². The molecule has 0 amide bonds.